The van der Waals surface area contributed by atoms with E-state index in [2.05, 4.69) is 72.9 Å². The van der Waals surface area contributed by atoms with Crippen molar-refractivity contribution in [3.63, 3.8) is 0 Å². The molecule has 0 spiro atoms. The average Bonchev–Trinajstić information content (AvgIpc) is 2.69. The van der Waals surface area contributed by atoms with Crippen molar-refractivity contribution in [2.75, 3.05) is 13.7 Å². The van der Waals surface area contributed by atoms with E-state index in [-0.39, 0.29) is 0 Å². The van der Waals surface area contributed by atoms with E-state index in [1.54, 1.807) is 7.11 Å². The van der Waals surface area contributed by atoms with Crippen LogP contribution in [0.5, 0.6) is 5.75 Å². The third-order valence-corrected chi connectivity index (χ3v) is 5.18. The van der Waals surface area contributed by atoms with Crippen molar-refractivity contribution in [1.82, 2.24) is 5.32 Å². The van der Waals surface area contributed by atoms with Gasteiger partial charge >= 0.3 is 0 Å². The Morgan fingerprint density at radius 2 is 1.84 bits per heavy atom. The monoisotopic (exact) mass is 335 g/mol. The Kier molecular flexibility index (Phi) is 6.30. The molecule has 1 unspecified atom stereocenters. The van der Waals surface area contributed by atoms with E-state index >= 15 is 0 Å². The van der Waals surface area contributed by atoms with Crippen molar-refractivity contribution in [3.05, 3.63) is 71.8 Å². The summed E-state index contributed by atoms with van der Waals surface area (Å²) in [5.41, 5.74) is 4.22. The van der Waals surface area contributed by atoms with Gasteiger partial charge in [-0.3, -0.25) is 0 Å². The zero-order valence-electron chi connectivity index (χ0n) is 15.4. The summed E-state index contributed by atoms with van der Waals surface area (Å²) in [5.74, 6) is 1.52. The Morgan fingerprint density at radius 3 is 2.56 bits per heavy atom. The average molecular weight is 335 g/mol. The van der Waals surface area contributed by atoms with Gasteiger partial charge in [0.2, 0.25) is 0 Å². The fourth-order valence-electron chi connectivity index (χ4n) is 3.56. The molecule has 0 heterocycles. The molecule has 1 aliphatic carbocycles. The maximum atomic E-state index is 5.26. The van der Waals surface area contributed by atoms with Crippen LogP contribution in [-0.4, -0.2) is 19.7 Å². The molecule has 25 heavy (non-hydrogen) atoms. The lowest BCUT2D eigenvalue weighted by atomic mass is 9.90. The van der Waals surface area contributed by atoms with E-state index in [1.807, 2.05) is 0 Å². The minimum absolute atomic E-state index is 0.494. The molecule has 1 N–H and O–H groups in total. The van der Waals surface area contributed by atoms with Gasteiger partial charge in [-0.2, -0.15) is 0 Å². The lowest BCUT2D eigenvalue weighted by Crippen LogP contribution is -2.30. The number of benzene rings is 2. The maximum absolute atomic E-state index is 5.26. The lowest BCUT2D eigenvalue weighted by molar-refractivity contribution is 0.415. The third kappa shape index (κ3) is 4.96. The summed E-state index contributed by atoms with van der Waals surface area (Å²) in [5, 5.41) is 3.74. The first-order valence-corrected chi connectivity index (χ1v) is 9.39. The molecule has 1 aliphatic rings. The number of allylic oxidation sites excluding steroid dienone is 1. The van der Waals surface area contributed by atoms with E-state index in [0.717, 1.165) is 12.3 Å². The first-order valence-electron chi connectivity index (χ1n) is 9.39. The molecule has 0 fully saturated rings. The van der Waals surface area contributed by atoms with Gasteiger partial charge in [-0.25, -0.2) is 0 Å². The SMILES string of the molecule is COc1ccc(C2=C[C@H](NCCC(C)c3ccccc3)CCC2)cc1. The summed E-state index contributed by atoms with van der Waals surface area (Å²) >= 11 is 0. The molecule has 0 aliphatic heterocycles. The molecule has 0 amide bonds. The van der Waals surface area contributed by atoms with E-state index in [4.69, 9.17) is 4.74 Å². The van der Waals surface area contributed by atoms with Gasteiger partial charge in [-0.15, -0.1) is 0 Å². The summed E-state index contributed by atoms with van der Waals surface area (Å²) in [6.07, 6.45) is 7.26. The molecule has 0 aromatic heterocycles. The van der Waals surface area contributed by atoms with Gasteiger partial charge in [0.05, 0.1) is 7.11 Å². The number of ether oxygens (including phenoxy) is 1. The van der Waals surface area contributed by atoms with E-state index < -0.39 is 0 Å². The second-order valence-electron chi connectivity index (χ2n) is 6.97. The predicted molar refractivity (Wildman–Crippen MR) is 106 cm³/mol. The summed E-state index contributed by atoms with van der Waals surface area (Å²) in [6.45, 7) is 3.38. The zero-order chi connectivity index (χ0) is 17.5. The van der Waals surface area contributed by atoms with Crippen LogP contribution in [0.15, 0.2) is 60.7 Å². The quantitative estimate of drug-likeness (QED) is 0.730. The van der Waals surface area contributed by atoms with Crippen LogP contribution in [0, 0.1) is 0 Å². The summed E-state index contributed by atoms with van der Waals surface area (Å²) < 4.78 is 5.26. The largest absolute Gasteiger partial charge is 0.497 e. The normalized spacial score (nSPS) is 18.5. The fraction of sp³-hybridized carbons (Fsp3) is 0.391. The molecule has 2 aromatic carbocycles. The Hall–Kier alpha value is -2.06. The molecule has 2 aromatic rings. The standard InChI is InChI=1S/C23H29NO/c1-18(19-7-4-3-5-8-19)15-16-24-22-10-6-9-21(17-22)20-11-13-23(25-2)14-12-20/h3-5,7-8,11-14,17-18,22,24H,6,9-10,15-16H2,1-2H3/t18?,22-/m1/s1. The predicted octanol–water partition coefficient (Wildman–Crippen LogP) is 5.41. The minimum atomic E-state index is 0.494. The van der Waals surface area contributed by atoms with Crippen LogP contribution in [0.4, 0.5) is 0 Å². The maximum Gasteiger partial charge on any atom is 0.118 e. The Labute approximate surface area is 151 Å². The van der Waals surface area contributed by atoms with Gasteiger partial charge in [0.25, 0.3) is 0 Å². The van der Waals surface area contributed by atoms with E-state index in [9.17, 15) is 0 Å². The van der Waals surface area contributed by atoms with Crippen LogP contribution in [0.25, 0.3) is 5.57 Å². The van der Waals surface area contributed by atoms with Crippen molar-refractivity contribution >= 4 is 5.57 Å². The Bertz CT molecular complexity index is 675. The molecule has 132 valence electrons. The van der Waals surface area contributed by atoms with Crippen LogP contribution in [0.1, 0.15) is 49.7 Å². The summed E-state index contributed by atoms with van der Waals surface area (Å²) in [4.78, 5) is 0. The van der Waals surface area contributed by atoms with Crippen LogP contribution in [0.2, 0.25) is 0 Å². The number of hydrogen-bond donors (Lipinski definition) is 1. The Morgan fingerprint density at radius 1 is 1.08 bits per heavy atom. The third-order valence-electron chi connectivity index (χ3n) is 5.18. The van der Waals surface area contributed by atoms with Gasteiger partial charge in [0, 0.05) is 6.04 Å². The van der Waals surface area contributed by atoms with Crippen molar-refractivity contribution in [2.45, 2.75) is 44.6 Å². The summed E-state index contributed by atoms with van der Waals surface area (Å²) in [7, 11) is 1.71. The molecule has 0 saturated carbocycles. The second-order valence-corrected chi connectivity index (χ2v) is 6.97. The highest BCUT2D eigenvalue weighted by Gasteiger charge is 2.15. The van der Waals surface area contributed by atoms with Crippen LogP contribution in [0.3, 0.4) is 0 Å². The van der Waals surface area contributed by atoms with Crippen molar-refractivity contribution < 1.29 is 4.74 Å². The van der Waals surface area contributed by atoms with Crippen molar-refractivity contribution in [3.8, 4) is 5.75 Å². The first-order chi connectivity index (χ1) is 12.3. The smallest absolute Gasteiger partial charge is 0.118 e. The molecule has 2 nitrogen and oxygen atoms in total. The first kappa shape index (κ1) is 17.8. The molecule has 2 atom stereocenters. The van der Waals surface area contributed by atoms with Gasteiger partial charge in [-0.1, -0.05) is 55.5 Å². The van der Waals surface area contributed by atoms with E-state index in [0.29, 0.717) is 12.0 Å². The van der Waals surface area contributed by atoms with Crippen LogP contribution < -0.4 is 10.1 Å². The number of hydrogen-bond acceptors (Lipinski definition) is 2. The van der Waals surface area contributed by atoms with Gasteiger partial charge in [-0.05, 0) is 67.0 Å². The molecule has 3 rings (SSSR count). The second kappa shape index (κ2) is 8.87. The number of nitrogens with one attached hydrogen (secondary N) is 1. The Balaban J connectivity index is 1.53. The summed E-state index contributed by atoms with van der Waals surface area (Å²) in [6, 6.07) is 19.7. The topological polar surface area (TPSA) is 21.3 Å². The number of rotatable bonds is 7. The highest BCUT2D eigenvalue weighted by molar-refractivity contribution is 5.67. The van der Waals surface area contributed by atoms with Gasteiger partial charge in [0.1, 0.15) is 5.75 Å². The molecular formula is C23H29NO. The molecule has 0 bridgehead atoms. The van der Waals surface area contributed by atoms with Crippen LogP contribution in [-0.2, 0) is 0 Å². The highest BCUT2D eigenvalue weighted by Crippen LogP contribution is 2.28. The number of methoxy groups -OCH3 is 1. The minimum Gasteiger partial charge on any atom is -0.497 e. The molecular weight excluding hydrogens is 306 g/mol. The van der Waals surface area contributed by atoms with Crippen molar-refractivity contribution in [2.24, 2.45) is 0 Å². The highest BCUT2D eigenvalue weighted by atomic mass is 16.5. The molecule has 0 saturated heterocycles. The fourth-order valence-corrected chi connectivity index (χ4v) is 3.56. The zero-order valence-corrected chi connectivity index (χ0v) is 15.4. The lowest BCUT2D eigenvalue weighted by Gasteiger charge is -2.23. The van der Waals surface area contributed by atoms with Crippen LogP contribution >= 0.6 is 0 Å². The molecule has 0 radical (unpaired) electrons. The van der Waals surface area contributed by atoms with Gasteiger partial charge < -0.3 is 10.1 Å². The van der Waals surface area contributed by atoms with Crippen molar-refractivity contribution in [1.29, 1.82) is 0 Å². The van der Waals surface area contributed by atoms with Gasteiger partial charge in [0.15, 0.2) is 0 Å². The molecule has 2 heteroatoms. The van der Waals surface area contributed by atoms with E-state index in [1.165, 1.54) is 42.4 Å².